The first-order chi connectivity index (χ1) is 11.6. The summed E-state index contributed by atoms with van der Waals surface area (Å²) in [6.45, 7) is 3.48. The molecule has 1 atom stereocenters. The second-order valence-corrected chi connectivity index (χ2v) is 7.20. The van der Waals surface area contributed by atoms with Crippen LogP contribution in [-0.4, -0.2) is 63.6 Å². The molecule has 0 unspecified atom stereocenters. The van der Waals surface area contributed by atoms with Crippen LogP contribution in [0.15, 0.2) is 23.7 Å². The minimum absolute atomic E-state index is 0.0609. The summed E-state index contributed by atoms with van der Waals surface area (Å²) in [5, 5.41) is 9.34. The molecule has 2 aromatic rings. The van der Waals surface area contributed by atoms with Crippen molar-refractivity contribution in [3.63, 3.8) is 0 Å². The van der Waals surface area contributed by atoms with Crippen LogP contribution in [0, 0.1) is 0 Å². The molecule has 0 radical (unpaired) electrons. The Bertz CT molecular complexity index is 770. The molecule has 126 valence electrons. The lowest BCUT2D eigenvalue weighted by Gasteiger charge is -2.43. The highest BCUT2D eigenvalue weighted by Crippen LogP contribution is 2.28. The quantitative estimate of drug-likeness (QED) is 0.812. The number of amides is 2. The number of fused-ring (bicyclic) bond motifs is 1. The number of hydrogen-bond acceptors (Lipinski definition) is 5. The van der Waals surface area contributed by atoms with Gasteiger partial charge in [-0.05, 0) is 11.4 Å². The molecule has 0 bridgehead atoms. The number of carbonyl (C=O) groups excluding carboxylic acids is 2. The Hall–Kier alpha value is -2.19. The van der Waals surface area contributed by atoms with Gasteiger partial charge in [0.1, 0.15) is 5.69 Å². The van der Waals surface area contributed by atoms with Crippen molar-refractivity contribution in [2.24, 2.45) is 7.05 Å². The minimum atomic E-state index is -0.480. The molecule has 2 aromatic heterocycles. The number of nitrogens with one attached hydrogen (secondary N) is 1. The fourth-order valence-corrected chi connectivity index (χ4v) is 4.18. The maximum Gasteiger partial charge on any atom is 0.312 e. The molecule has 1 N–H and O–H groups in total. The molecule has 8 heteroatoms. The van der Waals surface area contributed by atoms with Gasteiger partial charge in [0.2, 0.25) is 0 Å². The molecular formula is C16H19N5O2S. The van der Waals surface area contributed by atoms with E-state index in [-0.39, 0.29) is 6.04 Å². The third kappa shape index (κ3) is 2.71. The normalized spacial score (nSPS) is 21.7. The van der Waals surface area contributed by atoms with E-state index in [1.54, 1.807) is 16.2 Å². The van der Waals surface area contributed by atoms with Gasteiger partial charge in [0, 0.05) is 51.5 Å². The molecule has 0 aliphatic carbocycles. The second-order valence-electron chi connectivity index (χ2n) is 6.25. The van der Waals surface area contributed by atoms with E-state index in [1.165, 1.54) is 10.4 Å². The van der Waals surface area contributed by atoms with Crippen LogP contribution in [0.25, 0.3) is 10.6 Å². The Labute approximate surface area is 143 Å². The van der Waals surface area contributed by atoms with Gasteiger partial charge in [-0.1, -0.05) is 6.07 Å². The van der Waals surface area contributed by atoms with E-state index >= 15 is 0 Å². The first kappa shape index (κ1) is 15.3. The van der Waals surface area contributed by atoms with Crippen molar-refractivity contribution < 1.29 is 9.59 Å². The van der Waals surface area contributed by atoms with Crippen molar-refractivity contribution in [2.75, 3.05) is 26.2 Å². The van der Waals surface area contributed by atoms with Crippen LogP contribution in [0.4, 0.5) is 0 Å². The summed E-state index contributed by atoms with van der Waals surface area (Å²) in [5.41, 5.74) is 2.22. The van der Waals surface area contributed by atoms with Crippen LogP contribution in [-0.2, 0) is 23.2 Å². The summed E-state index contributed by atoms with van der Waals surface area (Å²) in [4.78, 5) is 28.6. The van der Waals surface area contributed by atoms with Crippen molar-refractivity contribution >= 4 is 23.2 Å². The SMILES string of the molecule is Cn1cc(CN2CCN3C(=O)C(=O)NC[C@H]3C2)c(-c2cccs2)n1. The maximum absolute atomic E-state index is 11.9. The highest BCUT2D eigenvalue weighted by atomic mass is 32.1. The molecule has 2 aliphatic heterocycles. The van der Waals surface area contributed by atoms with E-state index < -0.39 is 11.8 Å². The Morgan fingerprint density at radius 1 is 1.38 bits per heavy atom. The monoisotopic (exact) mass is 345 g/mol. The van der Waals surface area contributed by atoms with Gasteiger partial charge in [-0.15, -0.1) is 11.3 Å². The maximum atomic E-state index is 11.9. The molecule has 0 aromatic carbocycles. The molecule has 2 aliphatic rings. The zero-order valence-corrected chi connectivity index (χ0v) is 14.3. The number of aromatic nitrogens is 2. The Kier molecular flexibility index (Phi) is 3.85. The zero-order chi connectivity index (χ0) is 16.7. The van der Waals surface area contributed by atoms with Crippen LogP contribution >= 0.6 is 11.3 Å². The number of rotatable bonds is 3. The van der Waals surface area contributed by atoms with Crippen LogP contribution < -0.4 is 5.32 Å². The number of nitrogens with zero attached hydrogens (tertiary/aromatic N) is 4. The van der Waals surface area contributed by atoms with Gasteiger partial charge >= 0.3 is 11.8 Å². The molecule has 0 spiro atoms. The number of carbonyl (C=O) groups is 2. The van der Waals surface area contributed by atoms with Crippen molar-refractivity contribution in [1.82, 2.24) is 24.9 Å². The predicted octanol–water partition coefficient (Wildman–Crippen LogP) is 0.291. The highest BCUT2D eigenvalue weighted by molar-refractivity contribution is 7.13. The molecule has 0 saturated carbocycles. The second kappa shape index (κ2) is 6.03. The van der Waals surface area contributed by atoms with Crippen molar-refractivity contribution in [3.05, 3.63) is 29.3 Å². The summed E-state index contributed by atoms with van der Waals surface area (Å²) in [5.74, 6) is -0.876. The average molecular weight is 345 g/mol. The minimum Gasteiger partial charge on any atom is -0.346 e. The Morgan fingerprint density at radius 2 is 2.25 bits per heavy atom. The summed E-state index contributed by atoms with van der Waals surface area (Å²) in [6, 6.07) is 4.18. The first-order valence-corrected chi connectivity index (χ1v) is 8.87. The van der Waals surface area contributed by atoms with E-state index in [9.17, 15) is 9.59 Å². The molecule has 7 nitrogen and oxygen atoms in total. The summed E-state index contributed by atoms with van der Waals surface area (Å²) < 4.78 is 1.85. The molecular weight excluding hydrogens is 326 g/mol. The zero-order valence-electron chi connectivity index (χ0n) is 13.4. The first-order valence-electron chi connectivity index (χ1n) is 7.99. The van der Waals surface area contributed by atoms with Gasteiger partial charge in [0.15, 0.2) is 0 Å². The van der Waals surface area contributed by atoms with Gasteiger partial charge in [-0.3, -0.25) is 19.2 Å². The summed E-state index contributed by atoms with van der Waals surface area (Å²) >= 11 is 1.69. The molecule has 2 saturated heterocycles. The van der Waals surface area contributed by atoms with E-state index in [4.69, 9.17) is 0 Å². The van der Waals surface area contributed by atoms with Crippen LogP contribution in [0.5, 0.6) is 0 Å². The lowest BCUT2D eigenvalue weighted by molar-refractivity contribution is -0.152. The third-order valence-electron chi connectivity index (χ3n) is 4.57. The van der Waals surface area contributed by atoms with E-state index in [0.29, 0.717) is 13.1 Å². The number of thiophene rings is 1. The van der Waals surface area contributed by atoms with E-state index in [0.717, 1.165) is 25.3 Å². The molecule has 2 amide bonds. The van der Waals surface area contributed by atoms with Gasteiger partial charge in [-0.2, -0.15) is 5.10 Å². The van der Waals surface area contributed by atoms with E-state index in [2.05, 4.69) is 33.0 Å². The number of aryl methyl sites for hydroxylation is 1. The number of piperazine rings is 2. The molecule has 4 rings (SSSR count). The smallest absolute Gasteiger partial charge is 0.312 e. The third-order valence-corrected chi connectivity index (χ3v) is 5.45. The van der Waals surface area contributed by atoms with Crippen LogP contribution in [0.2, 0.25) is 0 Å². The van der Waals surface area contributed by atoms with Crippen molar-refractivity contribution in [3.8, 4) is 10.6 Å². The van der Waals surface area contributed by atoms with Crippen molar-refractivity contribution in [1.29, 1.82) is 0 Å². The van der Waals surface area contributed by atoms with Crippen LogP contribution in [0.1, 0.15) is 5.56 Å². The molecule has 4 heterocycles. The lowest BCUT2D eigenvalue weighted by Crippen LogP contribution is -2.65. The largest absolute Gasteiger partial charge is 0.346 e. The van der Waals surface area contributed by atoms with Gasteiger partial charge < -0.3 is 10.2 Å². The fraction of sp³-hybridized carbons (Fsp3) is 0.438. The van der Waals surface area contributed by atoms with E-state index in [1.807, 2.05) is 17.8 Å². The van der Waals surface area contributed by atoms with Gasteiger partial charge in [0.25, 0.3) is 0 Å². The lowest BCUT2D eigenvalue weighted by atomic mass is 10.1. The summed E-state index contributed by atoms with van der Waals surface area (Å²) in [6.07, 6.45) is 2.06. The van der Waals surface area contributed by atoms with Gasteiger partial charge in [0.05, 0.1) is 10.9 Å². The summed E-state index contributed by atoms with van der Waals surface area (Å²) in [7, 11) is 1.94. The Morgan fingerprint density at radius 3 is 3.04 bits per heavy atom. The fourth-order valence-electron chi connectivity index (χ4n) is 3.44. The molecule has 24 heavy (non-hydrogen) atoms. The topological polar surface area (TPSA) is 70.5 Å². The highest BCUT2D eigenvalue weighted by Gasteiger charge is 2.37. The number of hydrogen-bond donors (Lipinski definition) is 1. The Balaban J connectivity index is 1.50. The standard InChI is InChI=1S/C16H19N5O2S/c1-19-8-11(14(18-19)13-3-2-6-24-13)9-20-4-5-21-12(10-20)7-17-15(22)16(21)23/h2-3,6,8,12H,4-5,7,9-10H2,1H3,(H,17,22)/t12-/m0/s1. The molecule has 2 fully saturated rings. The average Bonchev–Trinajstić information content (AvgIpc) is 3.21. The predicted molar refractivity (Wildman–Crippen MR) is 90.3 cm³/mol. The van der Waals surface area contributed by atoms with Gasteiger partial charge in [-0.25, -0.2) is 0 Å². The van der Waals surface area contributed by atoms with Crippen LogP contribution in [0.3, 0.4) is 0 Å². The van der Waals surface area contributed by atoms with Crippen molar-refractivity contribution in [2.45, 2.75) is 12.6 Å².